The molecule has 5 nitrogen and oxygen atoms in total. The van der Waals surface area contributed by atoms with Crippen molar-refractivity contribution >= 4 is 17.5 Å². The summed E-state index contributed by atoms with van der Waals surface area (Å²) in [6.07, 6.45) is 1.68. The van der Waals surface area contributed by atoms with Gasteiger partial charge in [0.15, 0.2) is 11.5 Å². The molecule has 0 spiro atoms. The minimum atomic E-state index is -0.0469. The SMILES string of the molecule is O=C(c1cc(Cl)c2c(c1)OCCO2)N1CCC(CCO)C1. The van der Waals surface area contributed by atoms with Crippen molar-refractivity contribution in [1.29, 1.82) is 0 Å². The largest absolute Gasteiger partial charge is 0.486 e. The molecule has 21 heavy (non-hydrogen) atoms. The maximum absolute atomic E-state index is 12.5. The van der Waals surface area contributed by atoms with Crippen LogP contribution in [0.2, 0.25) is 5.02 Å². The number of aliphatic hydroxyl groups is 1. The van der Waals surface area contributed by atoms with Gasteiger partial charge in [0, 0.05) is 25.3 Å². The van der Waals surface area contributed by atoms with Crippen LogP contribution >= 0.6 is 11.6 Å². The van der Waals surface area contributed by atoms with Gasteiger partial charge in [0.1, 0.15) is 13.2 Å². The van der Waals surface area contributed by atoms with Crippen LogP contribution in [0.1, 0.15) is 23.2 Å². The highest BCUT2D eigenvalue weighted by Gasteiger charge is 2.28. The molecule has 1 saturated heterocycles. The van der Waals surface area contributed by atoms with E-state index in [-0.39, 0.29) is 12.5 Å². The van der Waals surface area contributed by atoms with Crippen molar-refractivity contribution in [1.82, 2.24) is 4.90 Å². The third-order valence-electron chi connectivity index (χ3n) is 3.95. The second kappa shape index (κ2) is 6.12. The van der Waals surface area contributed by atoms with E-state index in [1.807, 2.05) is 4.90 Å². The highest BCUT2D eigenvalue weighted by atomic mass is 35.5. The molecule has 1 atom stereocenters. The van der Waals surface area contributed by atoms with Crippen LogP contribution in [0.3, 0.4) is 0 Å². The number of hydrogen-bond acceptors (Lipinski definition) is 4. The summed E-state index contributed by atoms with van der Waals surface area (Å²) in [5, 5.41) is 9.39. The molecule has 6 heteroatoms. The zero-order chi connectivity index (χ0) is 14.8. The van der Waals surface area contributed by atoms with E-state index in [4.69, 9.17) is 26.2 Å². The van der Waals surface area contributed by atoms with Gasteiger partial charge in [0.25, 0.3) is 5.91 Å². The highest BCUT2D eigenvalue weighted by Crippen LogP contribution is 2.38. The summed E-state index contributed by atoms with van der Waals surface area (Å²) >= 11 is 6.17. The standard InChI is InChI=1S/C15H18ClNO4/c16-12-7-11(8-13-14(12)21-6-5-20-13)15(19)17-3-1-10(9-17)2-4-18/h7-8,10,18H,1-6,9H2. The number of halogens is 1. The number of benzene rings is 1. The number of amides is 1. The molecule has 1 fully saturated rings. The fourth-order valence-electron chi connectivity index (χ4n) is 2.85. The molecule has 1 N–H and O–H groups in total. The molecule has 114 valence electrons. The van der Waals surface area contributed by atoms with E-state index in [1.54, 1.807) is 12.1 Å². The van der Waals surface area contributed by atoms with Gasteiger partial charge in [-0.2, -0.15) is 0 Å². The number of nitrogens with zero attached hydrogens (tertiary/aromatic N) is 1. The van der Waals surface area contributed by atoms with E-state index >= 15 is 0 Å². The Morgan fingerprint density at radius 1 is 1.38 bits per heavy atom. The monoisotopic (exact) mass is 311 g/mol. The third-order valence-corrected chi connectivity index (χ3v) is 4.23. The Morgan fingerprint density at radius 2 is 2.19 bits per heavy atom. The van der Waals surface area contributed by atoms with Crippen LogP contribution in [-0.2, 0) is 0 Å². The fraction of sp³-hybridized carbons (Fsp3) is 0.533. The third kappa shape index (κ3) is 2.94. The van der Waals surface area contributed by atoms with Gasteiger partial charge < -0.3 is 19.5 Å². The molecule has 2 heterocycles. The average Bonchev–Trinajstić information content (AvgIpc) is 2.95. The maximum Gasteiger partial charge on any atom is 0.254 e. The summed E-state index contributed by atoms with van der Waals surface area (Å²) in [5.74, 6) is 1.38. The van der Waals surface area contributed by atoms with Crippen LogP contribution in [0.4, 0.5) is 0 Å². The quantitative estimate of drug-likeness (QED) is 0.927. The second-order valence-corrected chi connectivity index (χ2v) is 5.81. The Labute approximate surface area is 128 Å². The number of carbonyl (C=O) groups excluding carboxylic acids is 1. The van der Waals surface area contributed by atoms with Crippen LogP contribution in [0, 0.1) is 5.92 Å². The Bertz CT molecular complexity index is 549. The molecule has 2 aliphatic rings. The van der Waals surface area contributed by atoms with E-state index in [0.29, 0.717) is 47.8 Å². The van der Waals surface area contributed by atoms with Gasteiger partial charge in [-0.3, -0.25) is 4.79 Å². The summed E-state index contributed by atoms with van der Waals surface area (Å²) < 4.78 is 11.0. The Morgan fingerprint density at radius 3 is 3.00 bits per heavy atom. The van der Waals surface area contributed by atoms with Crippen molar-refractivity contribution in [3.8, 4) is 11.5 Å². The summed E-state index contributed by atoms with van der Waals surface area (Å²) in [4.78, 5) is 14.4. The van der Waals surface area contributed by atoms with Gasteiger partial charge in [-0.1, -0.05) is 11.6 Å². The lowest BCUT2D eigenvalue weighted by molar-refractivity contribution is 0.0783. The van der Waals surface area contributed by atoms with Gasteiger partial charge in [-0.15, -0.1) is 0 Å². The minimum Gasteiger partial charge on any atom is -0.486 e. The number of likely N-dealkylation sites (tertiary alicyclic amines) is 1. The van der Waals surface area contributed by atoms with E-state index in [1.165, 1.54) is 0 Å². The van der Waals surface area contributed by atoms with Crippen LogP contribution < -0.4 is 9.47 Å². The van der Waals surface area contributed by atoms with Gasteiger partial charge in [-0.05, 0) is 30.9 Å². The molecule has 1 aromatic carbocycles. The van der Waals surface area contributed by atoms with Gasteiger partial charge in [0.2, 0.25) is 0 Å². The molecule has 0 aromatic heterocycles. The van der Waals surface area contributed by atoms with Gasteiger partial charge in [0.05, 0.1) is 5.02 Å². The molecule has 1 aromatic rings. The van der Waals surface area contributed by atoms with Crippen molar-refractivity contribution in [3.63, 3.8) is 0 Å². The van der Waals surface area contributed by atoms with Crippen molar-refractivity contribution < 1.29 is 19.4 Å². The molecule has 0 bridgehead atoms. The van der Waals surface area contributed by atoms with Gasteiger partial charge in [-0.25, -0.2) is 0 Å². The minimum absolute atomic E-state index is 0.0469. The molecule has 1 unspecified atom stereocenters. The molecule has 1 amide bonds. The summed E-state index contributed by atoms with van der Waals surface area (Å²) in [5.41, 5.74) is 0.522. The Kier molecular flexibility index (Phi) is 4.22. The number of rotatable bonds is 3. The van der Waals surface area contributed by atoms with Crippen LogP contribution in [0.15, 0.2) is 12.1 Å². The first-order valence-electron chi connectivity index (χ1n) is 7.18. The predicted molar refractivity (Wildman–Crippen MR) is 78.2 cm³/mol. The lowest BCUT2D eigenvalue weighted by Crippen LogP contribution is -2.29. The number of ether oxygens (including phenoxy) is 2. The lowest BCUT2D eigenvalue weighted by atomic mass is 10.1. The van der Waals surface area contributed by atoms with Gasteiger partial charge >= 0.3 is 0 Å². The van der Waals surface area contributed by atoms with Crippen molar-refractivity contribution in [2.75, 3.05) is 32.9 Å². The number of carbonyl (C=O) groups is 1. The molecule has 0 aliphatic carbocycles. The lowest BCUT2D eigenvalue weighted by Gasteiger charge is -2.22. The first-order chi connectivity index (χ1) is 10.2. The summed E-state index contributed by atoms with van der Waals surface area (Å²) in [7, 11) is 0. The van der Waals surface area contributed by atoms with Crippen LogP contribution in [0.25, 0.3) is 0 Å². The number of aliphatic hydroxyl groups excluding tert-OH is 1. The topological polar surface area (TPSA) is 59.0 Å². The number of fused-ring (bicyclic) bond motifs is 1. The smallest absolute Gasteiger partial charge is 0.254 e. The summed E-state index contributed by atoms with van der Waals surface area (Å²) in [6, 6.07) is 3.33. The van der Waals surface area contributed by atoms with Crippen molar-refractivity contribution in [2.45, 2.75) is 12.8 Å². The van der Waals surface area contributed by atoms with Crippen LogP contribution in [-0.4, -0.2) is 48.8 Å². The fourth-order valence-corrected chi connectivity index (χ4v) is 3.12. The van der Waals surface area contributed by atoms with E-state index in [9.17, 15) is 4.79 Å². The zero-order valence-corrected chi connectivity index (χ0v) is 12.4. The van der Waals surface area contributed by atoms with Crippen molar-refractivity contribution in [2.24, 2.45) is 5.92 Å². The molecule has 0 radical (unpaired) electrons. The summed E-state index contributed by atoms with van der Waals surface area (Å²) in [6.45, 7) is 2.50. The Balaban J connectivity index is 1.78. The van der Waals surface area contributed by atoms with Crippen LogP contribution in [0.5, 0.6) is 11.5 Å². The normalized spacial score (nSPS) is 20.7. The van der Waals surface area contributed by atoms with E-state index < -0.39 is 0 Å². The molecule has 3 rings (SSSR count). The first kappa shape index (κ1) is 14.5. The van der Waals surface area contributed by atoms with Crippen molar-refractivity contribution in [3.05, 3.63) is 22.7 Å². The Hall–Kier alpha value is -1.46. The average molecular weight is 312 g/mol. The first-order valence-corrected chi connectivity index (χ1v) is 7.56. The maximum atomic E-state index is 12.5. The highest BCUT2D eigenvalue weighted by molar-refractivity contribution is 6.32. The van der Waals surface area contributed by atoms with E-state index in [0.717, 1.165) is 19.4 Å². The number of hydrogen-bond donors (Lipinski definition) is 1. The van der Waals surface area contributed by atoms with E-state index in [2.05, 4.69) is 0 Å². The molecule has 0 saturated carbocycles. The predicted octanol–water partition coefficient (Wildman–Crippen LogP) is 1.96. The molecular weight excluding hydrogens is 294 g/mol. The molecular formula is C15H18ClNO4. The zero-order valence-electron chi connectivity index (χ0n) is 11.7. The second-order valence-electron chi connectivity index (χ2n) is 5.40. The molecule has 2 aliphatic heterocycles.